The van der Waals surface area contributed by atoms with Crippen molar-refractivity contribution in [2.24, 2.45) is 0 Å². The molecule has 3 rings (SSSR count). The quantitative estimate of drug-likeness (QED) is 0.586. The Bertz CT molecular complexity index is 1060. The number of carbonyl (C=O) groups excluding carboxylic acids is 1. The third-order valence-electron chi connectivity index (χ3n) is 4.30. The molecule has 0 radical (unpaired) electrons. The lowest BCUT2D eigenvalue weighted by Gasteiger charge is -2.15. The minimum atomic E-state index is -4.65. The molecule has 0 atom stereocenters. The lowest BCUT2D eigenvalue weighted by Crippen LogP contribution is -2.32. The summed E-state index contributed by atoms with van der Waals surface area (Å²) in [5.41, 5.74) is 0.552. The van der Waals surface area contributed by atoms with Crippen LogP contribution in [-0.4, -0.2) is 48.4 Å². The summed E-state index contributed by atoms with van der Waals surface area (Å²) < 4.78 is 56.5. The van der Waals surface area contributed by atoms with Crippen molar-refractivity contribution >= 4 is 22.9 Å². The number of fused-ring (bicyclic) bond motifs is 1. The summed E-state index contributed by atoms with van der Waals surface area (Å²) in [6.45, 7) is -0.271. The predicted octanol–water partition coefficient (Wildman–Crippen LogP) is 3.30. The number of nitrogens with one attached hydrogen (secondary N) is 2. The van der Waals surface area contributed by atoms with Gasteiger partial charge in [0.2, 0.25) is 11.6 Å². The molecule has 3 aromatic rings. The molecule has 9 nitrogen and oxygen atoms in total. The summed E-state index contributed by atoms with van der Waals surface area (Å²) >= 11 is 0. The molecule has 0 saturated carbocycles. The highest BCUT2D eigenvalue weighted by Gasteiger charge is 2.37. The number of pyridine rings is 1. The van der Waals surface area contributed by atoms with Crippen LogP contribution in [0.15, 0.2) is 30.5 Å². The Kier molecular flexibility index (Phi) is 6.37. The molecule has 0 bridgehead atoms. The second-order valence-corrected chi connectivity index (χ2v) is 6.23. The number of rotatable bonds is 7. The van der Waals surface area contributed by atoms with Crippen LogP contribution >= 0.6 is 0 Å². The Labute approximate surface area is 175 Å². The van der Waals surface area contributed by atoms with E-state index >= 15 is 0 Å². The first-order valence-electron chi connectivity index (χ1n) is 9.01. The Balaban J connectivity index is 1.70. The van der Waals surface area contributed by atoms with Crippen LogP contribution in [0, 0.1) is 0 Å². The number of benzene rings is 1. The van der Waals surface area contributed by atoms with Crippen LogP contribution in [0.1, 0.15) is 5.82 Å². The number of ether oxygens (including phenoxy) is 3. The molecule has 0 aliphatic rings. The second-order valence-electron chi connectivity index (χ2n) is 6.23. The minimum Gasteiger partial charge on any atom is -0.493 e. The van der Waals surface area contributed by atoms with Gasteiger partial charge >= 0.3 is 12.2 Å². The standard InChI is InChI=1S/C19H20F3N5O4/c1-29-13-9-11(10-14(30-2)15(13)31-3)25-18(28)24-7-8-27-16-12(5-4-6-23-16)26-17(27)19(20,21)22/h4-6,9-10H,7-8H2,1-3H3,(H2,24,25,28). The number of imidazole rings is 1. The molecule has 2 N–H and O–H groups in total. The van der Waals surface area contributed by atoms with Gasteiger partial charge < -0.3 is 29.4 Å². The summed E-state index contributed by atoms with van der Waals surface area (Å²) in [6.07, 6.45) is -3.27. The van der Waals surface area contributed by atoms with E-state index in [4.69, 9.17) is 14.2 Å². The Morgan fingerprint density at radius 1 is 1.13 bits per heavy atom. The number of nitrogens with zero attached hydrogens (tertiary/aromatic N) is 3. The molecule has 2 heterocycles. The van der Waals surface area contributed by atoms with Gasteiger partial charge in [-0.2, -0.15) is 13.2 Å². The molecule has 2 aromatic heterocycles. The lowest BCUT2D eigenvalue weighted by molar-refractivity contribution is -0.146. The van der Waals surface area contributed by atoms with E-state index in [1.807, 2.05) is 0 Å². The number of urea groups is 1. The summed E-state index contributed by atoms with van der Waals surface area (Å²) in [4.78, 5) is 19.8. The normalized spacial score (nSPS) is 11.3. The number of hydrogen-bond acceptors (Lipinski definition) is 6. The van der Waals surface area contributed by atoms with Gasteiger partial charge in [0.25, 0.3) is 0 Å². The van der Waals surface area contributed by atoms with Gasteiger partial charge in [-0.25, -0.2) is 14.8 Å². The maximum Gasteiger partial charge on any atom is 0.449 e. The molecular weight excluding hydrogens is 419 g/mol. The van der Waals surface area contributed by atoms with Gasteiger partial charge in [-0.15, -0.1) is 0 Å². The number of methoxy groups -OCH3 is 3. The first-order valence-corrected chi connectivity index (χ1v) is 9.01. The molecule has 0 aliphatic carbocycles. The number of aromatic nitrogens is 3. The minimum absolute atomic E-state index is 0.0849. The summed E-state index contributed by atoms with van der Waals surface area (Å²) in [5, 5.41) is 5.09. The molecule has 0 aliphatic heterocycles. The molecule has 2 amide bonds. The van der Waals surface area contributed by atoms with Crippen LogP contribution in [-0.2, 0) is 12.7 Å². The van der Waals surface area contributed by atoms with Crippen molar-refractivity contribution in [3.63, 3.8) is 0 Å². The Morgan fingerprint density at radius 3 is 2.39 bits per heavy atom. The topological polar surface area (TPSA) is 99.5 Å². The number of halogens is 3. The first-order chi connectivity index (χ1) is 14.8. The van der Waals surface area contributed by atoms with E-state index < -0.39 is 18.0 Å². The molecule has 12 heteroatoms. The largest absolute Gasteiger partial charge is 0.493 e. The van der Waals surface area contributed by atoms with Crippen molar-refractivity contribution in [2.45, 2.75) is 12.7 Å². The molecule has 0 saturated heterocycles. The number of hydrogen-bond donors (Lipinski definition) is 2. The highest BCUT2D eigenvalue weighted by molar-refractivity contribution is 5.90. The van der Waals surface area contributed by atoms with E-state index in [0.29, 0.717) is 22.9 Å². The average Bonchev–Trinajstić information content (AvgIpc) is 3.12. The molecular formula is C19H20F3N5O4. The summed E-state index contributed by atoms with van der Waals surface area (Å²) in [5.74, 6) is -0.0472. The van der Waals surface area contributed by atoms with E-state index in [9.17, 15) is 18.0 Å². The van der Waals surface area contributed by atoms with Crippen LogP contribution in [0.5, 0.6) is 17.2 Å². The lowest BCUT2D eigenvalue weighted by atomic mass is 10.2. The van der Waals surface area contributed by atoms with Gasteiger partial charge in [-0.3, -0.25) is 0 Å². The molecule has 166 valence electrons. The maximum atomic E-state index is 13.3. The molecule has 1 aromatic carbocycles. The molecule has 31 heavy (non-hydrogen) atoms. The fraction of sp³-hybridized carbons (Fsp3) is 0.316. The van der Waals surface area contributed by atoms with E-state index in [1.165, 1.54) is 51.8 Å². The zero-order valence-corrected chi connectivity index (χ0v) is 16.9. The second kappa shape index (κ2) is 8.98. The Hall–Kier alpha value is -3.70. The maximum absolute atomic E-state index is 13.3. The number of alkyl halides is 3. The predicted molar refractivity (Wildman–Crippen MR) is 106 cm³/mol. The molecule has 0 spiro atoms. The average molecular weight is 439 g/mol. The van der Waals surface area contributed by atoms with Crippen molar-refractivity contribution in [2.75, 3.05) is 33.2 Å². The zero-order valence-electron chi connectivity index (χ0n) is 16.9. The number of carbonyl (C=O) groups is 1. The van der Waals surface area contributed by atoms with Crippen molar-refractivity contribution in [3.8, 4) is 17.2 Å². The highest BCUT2D eigenvalue weighted by Crippen LogP contribution is 2.39. The third kappa shape index (κ3) is 4.73. The van der Waals surface area contributed by atoms with Crippen LogP contribution in [0.3, 0.4) is 0 Å². The fourth-order valence-electron chi connectivity index (χ4n) is 3.00. The fourth-order valence-corrected chi connectivity index (χ4v) is 3.00. The van der Waals surface area contributed by atoms with Crippen molar-refractivity contribution in [3.05, 3.63) is 36.3 Å². The van der Waals surface area contributed by atoms with Gasteiger partial charge in [0.15, 0.2) is 17.1 Å². The highest BCUT2D eigenvalue weighted by atomic mass is 19.4. The SMILES string of the molecule is COc1cc(NC(=O)NCCn2c(C(F)(F)F)nc3cccnc32)cc(OC)c1OC. The van der Waals surface area contributed by atoms with Gasteiger partial charge in [-0.05, 0) is 12.1 Å². The van der Waals surface area contributed by atoms with Crippen molar-refractivity contribution in [1.29, 1.82) is 0 Å². The summed E-state index contributed by atoms with van der Waals surface area (Å²) in [6, 6.07) is 5.37. The number of amides is 2. The monoisotopic (exact) mass is 439 g/mol. The van der Waals surface area contributed by atoms with Crippen molar-refractivity contribution < 1.29 is 32.2 Å². The van der Waals surface area contributed by atoms with Gasteiger partial charge in [0.1, 0.15) is 5.52 Å². The van der Waals surface area contributed by atoms with E-state index in [1.54, 1.807) is 0 Å². The zero-order chi connectivity index (χ0) is 22.6. The van der Waals surface area contributed by atoms with Crippen LogP contribution in [0.4, 0.5) is 23.7 Å². The van der Waals surface area contributed by atoms with Gasteiger partial charge in [0.05, 0.1) is 27.0 Å². The van der Waals surface area contributed by atoms with Crippen LogP contribution < -0.4 is 24.8 Å². The number of anilines is 1. The van der Waals surface area contributed by atoms with Crippen LogP contribution in [0.25, 0.3) is 11.2 Å². The van der Waals surface area contributed by atoms with Crippen molar-refractivity contribution in [1.82, 2.24) is 19.9 Å². The first kappa shape index (κ1) is 22.0. The summed E-state index contributed by atoms with van der Waals surface area (Å²) in [7, 11) is 4.32. The van der Waals surface area contributed by atoms with E-state index in [-0.39, 0.29) is 24.3 Å². The third-order valence-corrected chi connectivity index (χ3v) is 4.30. The molecule has 0 fully saturated rings. The van der Waals surface area contributed by atoms with E-state index in [2.05, 4.69) is 20.6 Å². The molecule has 0 unspecified atom stereocenters. The van der Waals surface area contributed by atoms with E-state index in [0.717, 1.165) is 4.57 Å². The van der Waals surface area contributed by atoms with Gasteiger partial charge in [0, 0.05) is 31.4 Å². The Morgan fingerprint density at radius 2 is 1.81 bits per heavy atom. The van der Waals surface area contributed by atoms with Gasteiger partial charge in [-0.1, -0.05) is 0 Å². The van der Waals surface area contributed by atoms with Crippen LogP contribution in [0.2, 0.25) is 0 Å². The smallest absolute Gasteiger partial charge is 0.449 e.